The van der Waals surface area contributed by atoms with Gasteiger partial charge in [0.1, 0.15) is 10.8 Å². The van der Waals surface area contributed by atoms with Gasteiger partial charge in [-0.15, -0.1) is 11.3 Å². The monoisotopic (exact) mass is 319 g/mol. The lowest BCUT2D eigenvalue weighted by Gasteiger charge is -2.32. The van der Waals surface area contributed by atoms with Crippen LogP contribution in [0.4, 0.5) is 0 Å². The lowest BCUT2D eigenvalue weighted by atomic mass is 10.2. The van der Waals surface area contributed by atoms with Gasteiger partial charge in [0.15, 0.2) is 0 Å². The Morgan fingerprint density at radius 1 is 1.45 bits per heavy atom. The second-order valence-electron chi connectivity index (χ2n) is 5.82. The first-order valence-electron chi connectivity index (χ1n) is 7.43. The van der Waals surface area contributed by atoms with Gasteiger partial charge in [0, 0.05) is 45.0 Å². The molecule has 0 aliphatic carbocycles. The van der Waals surface area contributed by atoms with Gasteiger partial charge in [-0.3, -0.25) is 9.69 Å². The Hall–Kier alpha value is -1.73. The molecule has 0 N–H and O–H groups in total. The van der Waals surface area contributed by atoms with Crippen LogP contribution in [0.2, 0.25) is 0 Å². The predicted molar refractivity (Wildman–Crippen MR) is 85.6 cm³/mol. The maximum absolute atomic E-state index is 11.8. The molecular weight excluding hydrogens is 298 g/mol. The molecule has 0 radical (unpaired) electrons. The van der Waals surface area contributed by atoms with Gasteiger partial charge in [-0.1, -0.05) is 0 Å². The number of carbonyl (C=O) groups excluding carboxylic acids is 1. The molecule has 0 bridgehead atoms. The lowest BCUT2D eigenvalue weighted by molar-refractivity contribution is -0.128. The van der Waals surface area contributed by atoms with Crippen molar-refractivity contribution in [2.24, 2.45) is 0 Å². The van der Waals surface area contributed by atoms with Gasteiger partial charge in [-0.25, -0.2) is 9.97 Å². The second kappa shape index (κ2) is 6.18. The van der Waals surface area contributed by atoms with Crippen LogP contribution in [0.3, 0.4) is 0 Å². The number of amides is 1. The Morgan fingerprint density at radius 2 is 2.27 bits per heavy atom. The molecular formula is C15H21N5OS. The maximum Gasteiger partial charge on any atom is 0.228 e. The maximum atomic E-state index is 11.8. The summed E-state index contributed by atoms with van der Waals surface area (Å²) in [6, 6.07) is 0.237. The van der Waals surface area contributed by atoms with Crippen molar-refractivity contribution in [3.8, 4) is 0 Å². The second-order valence-corrected chi connectivity index (χ2v) is 6.80. The Labute approximate surface area is 134 Å². The largest absolute Gasteiger partial charge is 0.348 e. The fraction of sp³-hybridized carbons (Fsp3) is 0.533. The minimum absolute atomic E-state index is 0.0859. The fourth-order valence-corrected chi connectivity index (χ4v) is 3.35. The molecule has 1 aliphatic heterocycles. The molecule has 1 aliphatic rings. The number of nitrogens with zero attached hydrogens (tertiary/aromatic N) is 5. The molecule has 1 amide bonds. The van der Waals surface area contributed by atoms with Crippen LogP contribution in [0, 0.1) is 0 Å². The van der Waals surface area contributed by atoms with Gasteiger partial charge in [-0.05, 0) is 6.92 Å². The molecule has 0 fully saturated rings. The lowest BCUT2D eigenvalue weighted by Crippen LogP contribution is -2.36. The summed E-state index contributed by atoms with van der Waals surface area (Å²) in [6.07, 6.45) is 4.24. The summed E-state index contributed by atoms with van der Waals surface area (Å²) in [5.41, 5.74) is 0.858. The van der Waals surface area contributed by atoms with Crippen LogP contribution < -0.4 is 0 Å². The molecule has 1 atom stereocenters. The summed E-state index contributed by atoms with van der Waals surface area (Å²) in [5.74, 6) is 1.13. The molecule has 7 heteroatoms. The molecule has 0 spiro atoms. The standard InChI is InChI=1S/C15H21N5OS/c1-11-15-17-12(8-14(21)18(2)3)9-20(15)6-5-19(11)10-13-16-4-7-22-13/h4,7,9,11H,5-6,8,10H2,1-3H3. The Bertz CT molecular complexity index is 649. The highest BCUT2D eigenvalue weighted by atomic mass is 32.1. The van der Waals surface area contributed by atoms with Crippen LogP contribution in [0.15, 0.2) is 17.8 Å². The van der Waals surface area contributed by atoms with Crippen LogP contribution in [-0.4, -0.2) is 50.9 Å². The summed E-state index contributed by atoms with van der Waals surface area (Å²) in [4.78, 5) is 24.9. The van der Waals surface area contributed by atoms with Crippen LogP contribution in [0.5, 0.6) is 0 Å². The first-order chi connectivity index (χ1) is 10.5. The van der Waals surface area contributed by atoms with Crippen molar-refractivity contribution in [2.45, 2.75) is 32.5 Å². The number of likely N-dealkylation sites (N-methyl/N-ethyl adjacent to an activating group) is 1. The van der Waals surface area contributed by atoms with Crippen molar-refractivity contribution in [3.63, 3.8) is 0 Å². The zero-order valence-electron chi connectivity index (χ0n) is 13.2. The molecule has 2 aromatic heterocycles. The summed E-state index contributed by atoms with van der Waals surface area (Å²) in [5, 5.41) is 3.14. The van der Waals surface area contributed by atoms with Gasteiger partial charge in [0.25, 0.3) is 0 Å². The molecule has 1 unspecified atom stereocenters. The number of carbonyl (C=O) groups is 1. The Kier molecular flexibility index (Phi) is 4.26. The average Bonchev–Trinajstić information content (AvgIpc) is 3.11. The Morgan fingerprint density at radius 3 is 2.95 bits per heavy atom. The van der Waals surface area contributed by atoms with Gasteiger partial charge >= 0.3 is 0 Å². The number of fused-ring (bicyclic) bond motifs is 1. The van der Waals surface area contributed by atoms with E-state index in [9.17, 15) is 4.79 Å². The van der Waals surface area contributed by atoms with Crippen molar-refractivity contribution in [1.82, 2.24) is 24.3 Å². The summed E-state index contributed by atoms with van der Waals surface area (Å²) in [7, 11) is 3.55. The topological polar surface area (TPSA) is 54.3 Å². The van der Waals surface area contributed by atoms with E-state index in [0.717, 1.165) is 36.2 Å². The number of imidazole rings is 1. The van der Waals surface area contributed by atoms with Crippen LogP contribution in [-0.2, 0) is 24.3 Å². The third-order valence-electron chi connectivity index (χ3n) is 4.06. The highest BCUT2D eigenvalue weighted by molar-refractivity contribution is 7.09. The van der Waals surface area contributed by atoms with Crippen molar-refractivity contribution in [3.05, 3.63) is 34.3 Å². The zero-order chi connectivity index (χ0) is 15.7. The molecule has 3 heterocycles. The normalized spacial score (nSPS) is 18.2. The highest BCUT2D eigenvalue weighted by Gasteiger charge is 2.27. The van der Waals surface area contributed by atoms with E-state index in [1.165, 1.54) is 0 Å². The SMILES string of the molecule is CC1c2nc(CC(=O)N(C)C)cn2CCN1Cc1nccs1. The van der Waals surface area contributed by atoms with E-state index in [2.05, 4.69) is 21.4 Å². The first-order valence-corrected chi connectivity index (χ1v) is 8.31. The molecule has 3 rings (SSSR count). The molecule has 2 aromatic rings. The highest BCUT2D eigenvalue weighted by Crippen LogP contribution is 2.26. The smallest absolute Gasteiger partial charge is 0.228 e. The van der Waals surface area contributed by atoms with E-state index < -0.39 is 0 Å². The van der Waals surface area contributed by atoms with Gasteiger partial charge in [0.2, 0.25) is 5.91 Å². The molecule has 22 heavy (non-hydrogen) atoms. The molecule has 0 saturated heterocycles. The number of aromatic nitrogens is 3. The van der Waals surface area contributed by atoms with E-state index in [0.29, 0.717) is 6.42 Å². The van der Waals surface area contributed by atoms with Crippen LogP contribution >= 0.6 is 11.3 Å². The molecule has 0 saturated carbocycles. The zero-order valence-corrected chi connectivity index (χ0v) is 14.0. The average molecular weight is 319 g/mol. The number of hydrogen-bond acceptors (Lipinski definition) is 5. The van der Waals surface area contributed by atoms with Gasteiger partial charge < -0.3 is 9.47 Å². The number of rotatable bonds is 4. The van der Waals surface area contributed by atoms with Gasteiger partial charge in [0.05, 0.1) is 24.7 Å². The molecule has 118 valence electrons. The summed E-state index contributed by atoms with van der Waals surface area (Å²) < 4.78 is 2.18. The van der Waals surface area contributed by atoms with E-state index in [1.54, 1.807) is 30.3 Å². The molecule has 0 aromatic carbocycles. The fourth-order valence-electron chi connectivity index (χ4n) is 2.71. The number of thiazole rings is 1. The van der Waals surface area contributed by atoms with E-state index in [-0.39, 0.29) is 11.9 Å². The van der Waals surface area contributed by atoms with E-state index in [4.69, 9.17) is 4.98 Å². The van der Waals surface area contributed by atoms with Crippen molar-refractivity contribution >= 4 is 17.2 Å². The van der Waals surface area contributed by atoms with Gasteiger partial charge in [-0.2, -0.15) is 0 Å². The first kappa shape index (κ1) is 15.2. The summed E-state index contributed by atoms with van der Waals surface area (Å²) in [6.45, 7) is 4.92. The van der Waals surface area contributed by atoms with E-state index in [1.807, 2.05) is 17.8 Å². The Balaban J connectivity index is 1.73. The minimum atomic E-state index is 0.0859. The van der Waals surface area contributed by atoms with Crippen LogP contribution in [0.1, 0.15) is 29.5 Å². The van der Waals surface area contributed by atoms with Crippen molar-refractivity contribution < 1.29 is 4.79 Å². The third kappa shape index (κ3) is 3.05. The quantitative estimate of drug-likeness (QED) is 0.858. The molecule has 6 nitrogen and oxygen atoms in total. The minimum Gasteiger partial charge on any atom is -0.348 e. The number of hydrogen-bond donors (Lipinski definition) is 0. The van der Waals surface area contributed by atoms with Crippen LogP contribution in [0.25, 0.3) is 0 Å². The van der Waals surface area contributed by atoms with E-state index >= 15 is 0 Å². The van der Waals surface area contributed by atoms with Crippen molar-refractivity contribution in [2.75, 3.05) is 20.6 Å². The van der Waals surface area contributed by atoms with Crippen molar-refractivity contribution in [1.29, 1.82) is 0 Å². The summed E-state index contributed by atoms with van der Waals surface area (Å²) >= 11 is 1.69. The predicted octanol–water partition coefficient (Wildman–Crippen LogP) is 1.55. The third-order valence-corrected chi connectivity index (χ3v) is 4.82.